The van der Waals surface area contributed by atoms with Crippen molar-refractivity contribution in [3.63, 3.8) is 0 Å². The molecule has 0 bridgehead atoms. The smallest absolute Gasteiger partial charge is 0.269 e. The van der Waals surface area contributed by atoms with E-state index in [1.165, 1.54) is 23.9 Å². The number of nitrogens with zero attached hydrogens (tertiary/aromatic N) is 2. The first-order chi connectivity index (χ1) is 10.9. The molecule has 122 valence electrons. The van der Waals surface area contributed by atoms with E-state index in [-0.39, 0.29) is 11.2 Å². The van der Waals surface area contributed by atoms with Crippen molar-refractivity contribution in [1.29, 1.82) is 0 Å². The molecule has 0 saturated carbocycles. The Morgan fingerprint density at radius 1 is 1.43 bits per heavy atom. The number of aromatic nitrogens is 2. The molecule has 23 heavy (non-hydrogen) atoms. The van der Waals surface area contributed by atoms with Gasteiger partial charge in [0.1, 0.15) is 0 Å². The molecular weight excluding hydrogens is 314 g/mol. The summed E-state index contributed by atoms with van der Waals surface area (Å²) in [5.41, 5.74) is 1.84. The molecule has 0 amide bonds. The number of thioether (sulfide) groups is 1. The average Bonchev–Trinajstić information content (AvgIpc) is 2.52. The molecule has 0 spiro atoms. The molecule has 7 heteroatoms. The Balaban J connectivity index is 2.33. The van der Waals surface area contributed by atoms with Crippen molar-refractivity contribution in [3.8, 4) is 0 Å². The van der Waals surface area contributed by atoms with Crippen molar-refractivity contribution < 1.29 is 4.92 Å². The third-order valence-electron chi connectivity index (χ3n) is 3.61. The largest absolute Gasteiger partial charge is 0.301 e. The monoisotopic (exact) mass is 333 g/mol. The lowest BCUT2D eigenvalue weighted by atomic mass is 10.1. The van der Waals surface area contributed by atoms with E-state index in [0.717, 1.165) is 12.0 Å². The van der Waals surface area contributed by atoms with E-state index < -0.39 is 4.92 Å². The molecule has 0 fully saturated rings. The second-order valence-corrected chi connectivity index (χ2v) is 6.81. The normalized spacial score (nSPS) is 12.1. The van der Waals surface area contributed by atoms with Crippen LogP contribution in [0.4, 0.5) is 5.69 Å². The van der Waals surface area contributed by atoms with Gasteiger partial charge in [-0.3, -0.25) is 14.9 Å². The van der Waals surface area contributed by atoms with E-state index in [4.69, 9.17) is 0 Å². The molecule has 0 aliphatic rings. The van der Waals surface area contributed by atoms with Crippen LogP contribution < -0.4 is 5.56 Å². The zero-order valence-electron chi connectivity index (χ0n) is 13.3. The fraction of sp³-hybridized carbons (Fsp3) is 0.375. The molecule has 2 aromatic rings. The minimum absolute atomic E-state index is 0.0409. The van der Waals surface area contributed by atoms with Gasteiger partial charge < -0.3 is 4.98 Å². The second-order valence-electron chi connectivity index (χ2n) is 5.38. The Morgan fingerprint density at radius 2 is 2.17 bits per heavy atom. The topological polar surface area (TPSA) is 88.9 Å². The number of hydrogen-bond acceptors (Lipinski definition) is 5. The van der Waals surface area contributed by atoms with Gasteiger partial charge in [-0.1, -0.05) is 37.7 Å². The number of nitrogens with one attached hydrogen (secondary N) is 1. The molecule has 1 aromatic carbocycles. The van der Waals surface area contributed by atoms with E-state index in [0.29, 0.717) is 28.1 Å². The Morgan fingerprint density at radius 3 is 2.83 bits per heavy atom. The molecule has 0 aliphatic carbocycles. The summed E-state index contributed by atoms with van der Waals surface area (Å²) in [7, 11) is 0. The molecule has 1 unspecified atom stereocenters. The Bertz CT molecular complexity index is 773. The number of aromatic amines is 1. The summed E-state index contributed by atoms with van der Waals surface area (Å²) >= 11 is 1.52. The van der Waals surface area contributed by atoms with E-state index in [1.807, 2.05) is 0 Å². The van der Waals surface area contributed by atoms with Crippen LogP contribution in [-0.4, -0.2) is 20.1 Å². The molecule has 0 aliphatic heterocycles. The number of nitro groups is 1. The second kappa shape index (κ2) is 7.41. The van der Waals surface area contributed by atoms with Crippen LogP contribution in [0.1, 0.15) is 37.1 Å². The highest BCUT2D eigenvalue weighted by molar-refractivity contribution is 7.99. The van der Waals surface area contributed by atoms with Gasteiger partial charge in [-0.15, -0.1) is 0 Å². The molecule has 0 saturated heterocycles. The van der Waals surface area contributed by atoms with Crippen LogP contribution in [-0.2, 0) is 6.42 Å². The van der Waals surface area contributed by atoms with Gasteiger partial charge in [0.05, 0.1) is 10.6 Å². The number of hydrogen-bond donors (Lipinski definition) is 1. The van der Waals surface area contributed by atoms with Crippen LogP contribution in [0.3, 0.4) is 0 Å². The SMILES string of the molecule is CCC(C)Sc1nc(Cc2cccc([N+](=O)[O-])c2)c(C)c(=O)[nH]1. The maximum Gasteiger partial charge on any atom is 0.269 e. The number of nitro benzene ring substituents is 1. The third kappa shape index (κ3) is 4.41. The predicted octanol–water partition coefficient (Wildman–Crippen LogP) is 3.47. The molecule has 2 rings (SSSR count). The Kier molecular flexibility index (Phi) is 5.54. The predicted molar refractivity (Wildman–Crippen MR) is 91.1 cm³/mol. The summed E-state index contributed by atoms with van der Waals surface area (Å²) in [5, 5.41) is 11.8. The zero-order chi connectivity index (χ0) is 17.0. The summed E-state index contributed by atoms with van der Waals surface area (Å²) in [6, 6.07) is 6.41. The Hall–Kier alpha value is -2.15. The van der Waals surface area contributed by atoms with Gasteiger partial charge in [0.2, 0.25) is 0 Å². The molecular formula is C16H19N3O3S. The summed E-state index contributed by atoms with van der Waals surface area (Å²) < 4.78 is 0. The van der Waals surface area contributed by atoms with Gasteiger partial charge in [-0.2, -0.15) is 0 Å². The quantitative estimate of drug-likeness (QED) is 0.378. The number of non-ortho nitro benzene ring substituents is 1. The minimum Gasteiger partial charge on any atom is -0.301 e. The minimum atomic E-state index is -0.425. The number of H-pyrrole nitrogens is 1. The lowest BCUT2D eigenvalue weighted by molar-refractivity contribution is -0.384. The van der Waals surface area contributed by atoms with Crippen LogP contribution >= 0.6 is 11.8 Å². The van der Waals surface area contributed by atoms with E-state index >= 15 is 0 Å². The lowest BCUT2D eigenvalue weighted by Gasteiger charge is -2.10. The molecule has 6 nitrogen and oxygen atoms in total. The molecule has 0 radical (unpaired) electrons. The van der Waals surface area contributed by atoms with Gasteiger partial charge in [-0.05, 0) is 18.9 Å². The van der Waals surface area contributed by atoms with Gasteiger partial charge in [0.25, 0.3) is 11.2 Å². The van der Waals surface area contributed by atoms with E-state index in [9.17, 15) is 14.9 Å². The van der Waals surface area contributed by atoms with Gasteiger partial charge in [0.15, 0.2) is 5.16 Å². The lowest BCUT2D eigenvalue weighted by Crippen LogP contribution is -2.17. The van der Waals surface area contributed by atoms with E-state index in [1.54, 1.807) is 19.1 Å². The summed E-state index contributed by atoms with van der Waals surface area (Å²) in [4.78, 5) is 29.8. The van der Waals surface area contributed by atoms with Crippen molar-refractivity contribution in [2.24, 2.45) is 0 Å². The maximum absolute atomic E-state index is 12.1. The van der Waals surface area contributed by atoms with Gasteiger partial charge in [-0.25, -0.2) is 4.98 Å². The highest BCUT2D eigenvalue weighted by Crippen LogP contribution is 2.22. The fourth-order valence-corrected chi connectivity index (χ4v) is 2.89. The maximum atomic E-state index is 12.1. The molecule has 1 aromatic heterocycles. The third-order valence-corrected chi connectivity index (χ3v) is 4.76. The van der Waals surface area contributed by atoms with Crippen molar-refractivity contribution in [1.82, 2.24) is 9.97 Å². The summed E-state index contributed by atoms with van der Waals surface area (Å²) in [6.45, 7) is 5.87. The van der Waals surface area contributed by atoms with Gasteiger partial charge >= 0.3 is 0 Å². The van der Waals surface area contributed by atoms with Crippen molar-refractivity contribution in [2.45, 2.75) is 44.0 Å². The highest BCUT2D eigenvalue weighted by atomic mass is 32.2. The molecule has 1 heterocycles. The summed E-state index contributed by atoms with van der Waals surface area (Å²) in [6.07, 6.45) is 1.37. The van der Waals surface area contributed by atoms with Crippen molar-refractivity contribution in [2.75, 3.05) is 0 Å². The first-order valence-corrected chi connectivity index (χ1v) is 8.28. The number of rotatable bonds is 6. The first-order valence-electron chi connectivity index (χ1n) is 7.40. The number of benzene rings is 1. The molecule has 1 N–H and O–H groups in total. The zero-order valence-corrected chi connectivity index (χ0v) is 14.1. The Labute approximate surface area is 138 Å². The van der Waals surface area contributed by atoms with Crippen molar-refractivity contribution >= 4 is 17.4 Å². The van der Waals surface area contributed by atoms with Gasteiger partial charge in [0, 0.05) is 29.4 Å². The first kappa shape index (κ1) is 17.2. The van der Waals surface area contributed by atoms with Crippen LogP contribution in [0.5, 0.6) is 0 Å². The summed E-state index contributed by atoms with van der Waals surface area (Å²) in [5.74, 6) is 0. The van der Waals surface area contributed by atoms with Crippen LogP contribution in [0.2, 0.25) is 0 Å². The van der Waals surface area contributed by atoms with E-state index in [2.05, 4.69) is 23.8 Å². The van der Waals surface area contributed by atoms with Crippen LogP contribution in [0.15, 0.2) is 34.2 Å². The standard InChI is InChI=1S/C16H19N3O3S/c1-4-10(2)23-16-17-14(11(3)15(20)18-16)9-12-6-5-7-13(8-12)19(21)22/h5-8,10H,4,9H2,1-3H3,(H,17,18,20). The average molecular weight is 333 g/mol. The fourth-order valence-electron chi connectivity index (χ4n) is 2.03. The highest BCUT2D eigenvalue weighted by Gasteiger charge is 2.12. The van der Waals surface area contributed by atoms with Crippen LogP contribution in [0, 0.1) is 17.0 Å². The van der Waals surface area contributed by atoms with Crippen LogP contribution in [0.25, 0.3) is 0 Å². The molecule has 1 atom stereocenters. The van der Waals surface area contributed by atoms with Crippen molar-refractivity contribution in [3.05, 3.63) is 61.6 Å².